The fourth-order valence-corrected chi connectivity index (χ4v) is 1.65. The molecule has 0 aliphatic carbocycles. The number of hydrogen-bond acceptors (Lipinski definition) is 4. The average Bonchev–Trinajstić information content (AvgIpc) is 2.27. The van der Waals surface area contributed by atoms with E-state index in [9.17, 15) is 4.79 Å². The Morgan fingerprint density at radius 1 is 1.53 bits per heavy atom. The molecule has 0 spiro atoms. The molecule has 1 rings (SSSR count). The largest absolute Gasteiger partial charge is 0.459 e. The first-order chi connectivity index (χ1) is 7.24. The van der Waals surface area contributed by atoms with Crippen LogP contribution in [0.2, 0.25) is 0 Å². The van der Waals surface area contributed by atoms with Gasteiger partial charge < -0.3 is 14.8 Å². The van der Waals surface area contributed by atoms with Crippen molar-refractivity contribution in [1.82, 2.24) is 5.32 Å². The molecule has 1 heterocycles. The van der Waals surface area contributed by atoms with Crippen molar-refractivity contribution >= 4 is 5.97 Å². The molecule has 2 atom stereocenters. The number of nitrogens with one attached hydrogen (secondary N) is 1. The molecule has 0 amide bonds. The van der Waals surface area contributed by atoms with Crippen LogP contribution in [0.3, 0.4) is 0 Å². The van der Waals surface area contributed by atoms with Crippen molar-refractivity contribution in [3.05, 3.63) is 0 Å². The van der Waals surface area contributed by atoms with Gasteiger partial charge in [0.1, 0.15) is 12.1 Å². The number of carbonyl (C=O) groups excluding carboxylic acids is 1. The third-order valence-corrected chi connectivity index (χ3v) is 2.47. The molecule has 88 valence electrons. The number of piperidine rings is 1. The zero-order valence-electron chi connectivity index (χ0n) is 9.62. The minimum absolute atomic E-state index is 0.108. The van der Waals surface area contributed by atoms with Crippen LogP contribution in [0.4, 0.5) is 0 Å². The van der Waals surface area contributed by atoms with Crippen LogP contribution in [-0.4, -0.2) is 37.9 Å². The van der Waals surface area contributed by atoms with Gasteiger partial charge in [-0.2, -0.15) is 0 Å². The van der Waals surface area contributed by atoms with E-state index in [-0.39, 0.29) is 18.1 Å². The highest BCUT2D eigenvalue weighted by Crippen LogP contribution is 2.09. The van der Waals surface area contributed by atoms with Gasteiger partial charge in [-0.25, -0.2) is 0 Å². The molecule has 1 N–H and O–H groups in total. The Bertz CT molecular complexity index is 190. The second-order valence-electron chi connectivity index (χ2n) is 3.91. The minimum Gasteiger partial charge on any atom is -0.459 e. The van der Waals surface area contributed by atoms with Crippen molar-refractivity contribution in [1.29, 1.82) is 0 Å². The number of ether oxygens (including phenoxy) is 2. The quantitative estimate of drug-likeness (QED) is 0.698. The van der Waals surface area contributed by atoms with E-state index in [0.717, 1.165) is 25.8 Å². The first-order valence-electron chi connectivity index (χ1n) is 5.75. The van der Waals surface area contributed by atoms with Gasteiger partial charge in [-0.1, -0.05) is 6.42 Å². The summed E-state index contributed by atoms with van der Waals surface area (Å²) in [5, 5.41) is 3.16. The molecule has 0 aromatic heterocycles. The monoisotopic (exact) mass is 215 g/mol. The van der Waals surface area contributed by atoms with Gasteiger partial charge >= 0.3 is 5.97 Å². The second-order valence-corrected chi connectivity index (χ2v) is 3.91. The van der Waals surface area contributed by atoms with Crippen molar-refractivity contribution in [3.8, 4) is 0 Å². The molecule has 4 heteroatoms. The van der Waals surface area contributed by atoms with Crippen LogP contribution in [0.5, 0.6) is 0 Å². The van der Waals surface area contributed by atoms with Crippen LogP contribution in [-0.2, 0) is 14.3 Å². The van der Waals surface area contributed by atoms with Crippen LogP contribution >= 0.6 is 0 Å². The normalized spacial score (nSPS) is 23.5. The average molecular weight is 215 g/mol. The Balaban J connectivity index is 2.21. The number of hydrogen-bond donors (Lipinski definition) is 1. The zero-order valence-corrected chi connectivity index (χ0v) is 9.62. The summed E-state index contributed by atoms with van der Waals surface area (Å²) in [5.41, 5.74) is 0. The predicted octanol–water partition coefficient (Wildman–Crippen LogP) is 1.10. The molecule has 0 aromatic rings. The van der Waals surface area contributed by atoms with Gasteiger partial charge in [-0.15, -0.1) is 0 Å². The van der Waals surface area contributed by atoms with E-state index in [0.29, 0.717) is 13.2 Å². The fourth-order valence-electron chi connectivity index (χ4n) is 1.65. The fraction of sp³-hybridized carbons (Fsp3) is 0.909. The van der Waals surface area contributed by atoms with Crippen LogP contribution in [0.15, 0.2) is 0 Å². The second kappa shape index (κ2) is 6.80. The Hall–Kier alpha value is -0.610. The van der Waals surface area contributed by atoms with Crippen molar-refractivity contribution < 1.29 is 14.3 Å². The molecule has 2 unspecified atom stereocenters. The topological polar surface area (TPSA) is 47.6 Å². The maximum atomic E-state index is 11.6. The number of carbonyl (C=O) groups is 1. The first-order valence-corrected chi connectivity index (χ1v) is 5.75. The van der Waals surface area contributed by atoms with Gasteiger partial charge in [0.15, 0.2) is 0 Å². The maximum absolute atomic E-state index is 11.6. The van der Waals surface area contributed by atoms with E-state index >= 15 is 0 Å². The summed E-state index contributed by atoms with van der Waals surface area (Å²) in [6.07, 6.45) is 2.99. The maximum Gasteiger partial charge on any atom is 0.323 e. The third-order valence-electron chi connectivity index (χ3n) is 2.47. The molecule has 1 fully saturated rings. The van der Waals surface area contributed by atoms with Crippen molar-refractivity contribution in [2.24, 2.45) is 0 Å². The van der Waals surface area contributed by atoms with Gasteiger partial charge in [0.05, 0.1) is 6.61 Å². The van der Waals surface area contributed by atoms with E-state index in [2.05, 4.69) is 5.32 Å². The number of esters is 1. The summed E-state index contributed by atoms with van der Waals surface area (Å²) in [6.45, 7) is 5.84. The van der Waals surface area contributed by atoms with Crippen molar-refractivity contribution in [2.75, 3.05) is 19.8 Å². The molecule has 0 saturated carbocycles. The molecular formula is C11H21NO3. The lowest BCUT2D eigenvalue weighted by Gasteiger charge is -2.23. The summed E-state index contributed by atoms with van der Waals surface area (Å²) < 4.78 is 10.5. The highest BCUT2D eigenvalue weighted by Gasteiger charge is 2.23. The first kappa shape index (κ1) is 12.5. The van der Waals surface area contributed by atoms with Crippen molar-refractivity contribution in [2.45, 2.75) is 45.3 Å². The minimum atomic E-state index is -0.152. The lowest BCUT2D eigenvalue weighted by molar-refractivity contribution is -0.154. The molecule has 0 bridgehead atoms. The van der Waals surface area contributed by atoms with Gasteiger partial charge in [-0.05, 0) is 33.2 Å². The van der Waals surface area contributed by atoms with Gasteiger partial charge in [0.2, 0.25) is 0 Å². The number of rotatable bonds is 5. The Labute approximate surface area is 91.3 Å². The Kier molecular flexibility index (Phi) is 5.65. The highest BCUT2D eigenvalue weighted by molar-refractivity contribution is 5.76. The zero-order chi connectivity index (χ0) is 11.1. The van der Waals surface area contributed by atoms with E-state index in [1.165, 1.54) is 0 Å². The summed E-state index contributed by atoms with van der Waals surface area (Å²) in [6, 6.07) is -0.108. The van der Waals surface area contributed by atoms with Gasteiger partial charge in [0, 0.05) is 6.61 Å². The van der Waals surface area contributed by atoms with Gasteiger partial charge in [-0.3, -0.25) is 4.79 Å². The van der Waals surface area contributed by atoms with E-state index < -0.39 is 0 Å². The molecule has 4 nitrogen and oxygen atoms in total. The third kappa shape index (κ3) is 4.62. The van der Waals surface area contributed by atoms with Gasteiger partial charge in [0.25, 0.3) is 0 Å². The molecule has 1 saturated heterocycles. The molecule has 1 aliphatic heterocycles. The SMILES string of the molecule is CCOCC(C)OC(=O)C1CCCCN1. The Morgan fingerprint density at radius 3 is 2.93 bits per heavy atom. The smallest absolute Gasteiger partial charge is 0.323 e. The van der Waals surface area contributed by atoms with Crippen molar-refractivity contribution in [3.63, 3.8) is 0 Å². The predicted molar refractivity (Wildman–Crippen MR) is 57.7 cm³/mol. The molecule has 15 heavy (non-hydrogen) atoms. The van der Waals surface area contributed by atoms with Crippen LogP contribution in [0.25, 0.3) is 0 Å². The summed E-state index contributed by atoms with van der Waals surface area (Å²) >= 11 is 0. The summed E-state index contributed by atoms with van der Waals surface area (Å²) in [7, 11) is 0. The Morgan fingerprint density at radius 2 is 2.33 bits per heavy atom. The van der Waals surface area contributed by atoms with E-state index in [1.807, 2.05) is 13.8 Å². The standard InChI is InChI=1S/C11H21NO3/c1-3-14-8-9(2)15-11(13)10-6-4-5-7-12-10/h9-10,12H,3-8H2,1-2H3. The molecule has 0 aromatic carbocycles. The van der Waals surface area contributed by atoms with Crippen LogP contribution in [0, 0.1) is 0 Å². The highest BCUT2D eigenvalue weighted by atomic mass is 16.6. The van der Waals surface area contributed by atoms with E-state index in [1.54, 1.807) is 0 Å². The molecule has 1 aliphatic rings. The van der Waals surface area contributed by atoms with Crippen LogP contribution < -0.4 is 5.32 Å². The molecular weight excluding hydrogens is 194 g/mol. The molecule has 0 radical (unpaired) electrons. The van der Waals surface area contributed by atoms with E-state index in [4.69, 9.17) is 9.47 Å². The summed E-state index contributed by atoms with van der Waals surface area (Å²) in [4.78, 5) is 11.6. The lowest BCUT2D eigenvalue weighted by Crippen LogP contribution is -2.42. The summed E-state index contributed by atoms with van der Waals surface area (Å²) in [5.74, 6) is -0.137. The van der Waals surface area contributed by atoms with Crippen LogP contribution in [0.1, 0.15) is 33.1 Å². The lowest BCUT2D eigenvalue weighted by atomic mass is 10.1.